The van der Waals surface area contributed by atoms with Crippen molar-refractivity contribution in [3.63, 3.8) is 0 Å². The number of aliphatic hydroxyl groups is 1. The van der Waals surface area contributed by atoms with Gasteiger partial charge in [0.1, 0.15) is 5.82 Å². The van der Waals surface area contributed by atoms with Gasteiger partial charge in [-0.2, -0.15) is 0 Å². The van der Waals surface area contributed by atoms with Crippen molar-refractivity contribution in [2.45, 2.75) is 19.4 Å². The predicted molar refractivity (Wildman–Crippen MR) is 64.3 cm³/mol. The fourth-order valence-electron chi connectivity index (χ4n) is 1.26. The normalized spacial score (nSPS) is 12.0. The van der Waals surface area contributed by atoms with E-state index in [9.17, 15) is 9.18 Å². The number of rotatable bonds is 4. The summed E-state index contributed by atoms with van der Waals surface area (Å²) in [6.07, 6.45) is 0.0278. The zero-order valence-electron chi connectivity index (χ0n) is 9.98. The Morgan fingerprint density at radius 1 is 1.53 bits per heavy atom. The molecule has 1 unspecified atom stereocenters. The molecule has 0 heterocycles. The summed E-state index contributed by atoms with van der Waals surface area (Å²) in [6, 6.07) is 5.59. The molecule has 0 radical (unpaired) electrons. The molecule has 0 fully saturated rings. The highest BCUT2D eigenvalue weighted by Gasteiger charge is 2.11. The number of carbonyl (C=O) groups is 1. The van der Waals surface area contributed by atoms with Crippen LogP contribution in [0.15, 0.2) is 24.3 Å². The van der Waals surface area contributed by atoms with E-state index in [1.54, 1.807) is 26.1 Å². The van der Waals surface area contributed by atoms with E-state index in [4.69, 9.17) is 5.11 Å². The SMILES string of the molecule is CC(O)CCN(C)C(=O)Nc1ccccc1F. The molecule has 0 spiro atoms. The third-order valence-corrected chi connectivity index (χ3v) is 2.34. The lowest BCUT2D eigenvalue weighted by Crippen LogP contribution is -2.33. The second-order valence-corrected chi connectivity index (χ2v) is 3.97. The minimum Gasteiger partial charge on any atom is -0.393 e. The smallest absolute Gasteiger partial charge is 0.321 e. The zero-order valence-corrected chi connectivity index (χ0v) is 9.98. The van der Waals surface area contributed by atoms with Crippen LogP contribution in [0.5, 0.6) is 0 Å². The van der Waals surface area contributed by atoms with Gasteiger partial charge in [0.25, 0.3) is 0 Å². The number of anilines is 1. The maximum atomic E-state index is 13.3. The molecule has 1 rings (SSSR count). The summed E-state index contributed by atoms with van der Waals surface area (Å²) in [5.74, 6) is -0.468. The van der Waals surface area contributed by atoms with E-state index >= 15 is 0 Å². The van der Waals surface area contributed by atoms with Gasteiger partial charge in [-0.05, 0) is 25.5 Å². The van der Waals surface area contributed by atoms with Crippen molar-refractivity contribution in [3.05, 3.63) is 30.1 Å². The van der Waals surface area contributed by atoms with Crippen molar-refractivity contribution in [1.29, 1.82) is 0 Å². The van der Waals surface area contributed by atoms with Crippen LogP contribution in [0, 0.1) is 5.82 Å². The fourth-order valence-corrected chi connectivity index (χ4v) is 1.26. The van der Waals surface area contributed by atoms with Crippen molar-refractivity contribution in [1.82, 2.24) is 4.90 Å². The lowest BCUT2D eigenvalue weighted by atomic mass is 10.3. The summed E-state index contributed by atoms with van der Waals surface area (Å²) in [5.41, 5.74) is 0.154. The van der Waals surface area contributed by atoms with Crippen LogP contribution in [0.25, 0.3) is 0 Å². The number of halogens is 1. The number of urea groups is 1. The van der Waals surface area contributed by atoms with Crippen molar-refractivity contribution in [2.75, 3.05) is 18.9 Å². The summed E-state index contributed by atoms with van der Waals surface area (Å²) in [6.45, 7) is 2.07. The van der Waals surface area contributed by atoms with Gasteiger partial charge >= 0.3 is 6.03 Å². The molecule has 0 aliphatic carbocycles. The Balaban J connectivity index is 2.52. The van der Waals surface area contributed by atoms with Crippen molar-refractivity contribution in [2.24, 2.45) is 0 Å². The third kappa shape index (κ3) is 4.40. The van der Waals surface area contributed by atoms with Gasteiger partial charge in [-0.1, -0.05) is 12.1 Å². The minimum absolute atomic E-state index is 0.154. The Morgan fingerprint density at radius 2 is 2.18 bits per heavy atom. The molecular weight excluding hydrogens is 223 g/mol. The van der Waals surface area contributed by atoms with Gasteiger partial charge in [0, 0.05) is 13.6 Å². The maximum Gasteiger partial charge on any atom is 0.321 e. The molecule has 0 saturated heterocycles. The molecule has 5 heteroatoms. The number of hydrogen-bond acceptors (Lipinski definition) is 2. The highest BCUT2D eigenvalue weighted by molar-refractivity contribution is 5.89. The molecule has 1 aromatic carbocycles. The largest absolute Gasteiger partial charge is 0.393 e. The van der Waals surface area contributed by atoms with Crippen LogP contribution in [-0.4, -0.2) is 35.7 Å². The van der Waals surface area contributed by atoms with Crippen LogP contribution >= 0.6 is 0 Å². The molecule has 4 nitrogen and oxygen atoms in total. The third-order valence-electron chi connectivity index (χ3n) is 2.34. The van der Waals surface area contributed by atoms with E-state index in [1.165, 1.54) is 17.0 Å². The van der Waals surface area contributed by atoms with E-state index in [1.807, 2.05) is 0 Å². The molecule has 0 saturated carbocycles. The first kappa shape index (κ1) is 13.4. The second-order valence-electron chi connectivity index (χ2n) is 3.97. The summed E-state index contributed by atoms with van der Waals surface area (Å²) in [7, 11) is 1.60. The first-order chi connectivity index (χ1) is 8.00. The lowest BCUT2D eigenvalue weighted by Gasteiger charge is -2.18. The first-order valence-electron chi connectivity index (χ1n) is 5.45. The molecule has 0 aromatic heterocycles. The average Bonchev–Trinajstić information content (AvgIpc) is 2.28. The molecule has 0 aliphatic heterocycles. The van der Waals surface area contributed by atoms with Crippen LogP contribution in [0.2, 0.25) is 0 Å². The number of para-hydroxylation sites is 1. The molecule has 94 valence electrons. The van der Waals surface area contributed by atoms with Crippen LogP contribution < -0.4 is 5.32 Å². The van der Waals surface area contributed by atoms with Gasteiger partial charge in [-0.15, -0.1) is 0 Å². The van der Waals surface area contributed by atoms with Crippen LogP contribution in [0.1, 0.15) is 13.3 Å². The molecule has 17 heavy (non-hydrogen) atoms. The van der Waals surface area contributed by atoms with Gasteiger partial charge in [0.05, 0.1) is 11.8 Å². The quantitative estimate of drug-likeness (QED) is 0.846. The molecule has 1 atom stereocenters. The van der Waals surface area contributed by atoms with Crippen molar-refractivity contribution >= 4 is 11.7 Å². The summed E-state index contributed by atoms with van der Waals surface area (Å²) < 4.78 is 13.3. The van der Waals surface area contributed by atoms with Crippen molar-refractivity contribution in [3.8, 4) is 0 Å². The number of aliphatic hydroxyl groups excluding tert-OH is 1. The van der Waals surface area contributed by atoms with Gasteiger partial charge in [-0.3, -0.25) is 0 Å². The Hall–Kier alpha value is -1.62. The van der Waals surface area contributed by atoms with Crippen LogP contribution in [-0.2, 0) is 0 Å². The Kier molecular flexibility index (Phi) is 4.90. The molecule has 2 amide bonds. The van der Waals surface area contributed by atoms with Gasteiger partial charge in [0.15, 0.2) is 0 Å². The number of nitrogens with one attached hydrogen (secondary N) is 1. The standard InChI is InChI=1S/C12H17FN2O2/c1-9(16)7-8-15(2)12(17)14-11-6-4-3-5-10(11)13/h3-6,9,16H,7-8H2,1-2H3,(H,14,17). The number of carbonyl (C=O) groups excluding carboxylic acids is 1. The fraction of sp³-hybridized carbons (Fsp3) is 0.417. The van der Waals surface area contributed by atoms with E-state index in [0.717, 1.165) is 0 Å². The second kappa shape index (κ2) is 6.20. The number of benzene rings is 1. The molecule has 2 N–H and O–H groups in total. The van der Waals surface area contributed by atoms with E-state index in [0.29, 0.717) is 13.0 Å². The van der Waals surface area contributed by atoms with E-state index < -0.39 is 18.0 Å². The Labute approximate surface area is 100 Å². The topological polar surface area (TPSA) is 52.6 Å². The minimum atomic E-state index is -0.468. The Bertz CT molecular complexity index is 383. The predicted octanol–water partition coefficient (Wildman–Crippen LogP) is 2.06. The van der Waals surface area contributed by atoms with Crippen LogP contribution in [0.4, 0.5) is 14.9 Å². The average molecular weight is 240 g/mol. The van der Waals surface area contributed by atoms with Crippen molar-refractivity contribution < 1.29 is 14.3 Å². The molecule has 0 bridgehead atoms. The summed E-state index contributed by atoms with van der Waals surface area (Å²) >= 11 is 0. The van der Waals surface area contributed by atoms with Gasteiger partial charge in [-0.25, -0.2) is 9.18 Å². The maximum absolute atomic E-state index is 13.3. The first-order valence-corrected chi connectivity index (χ1v) is 5.45. The van der Waals surface area contributed by atoms with E-state index in [-0.39, 0.29) is 5.69 Å². The molecule has 1 aromatic rings. The number of amides is 2. The Morgan fingerprint density at radius 3 is 2.76 bits per heavy atom. The zero-order chi connectivity index (χ0) is 12.8. The van der Waals surface area contributed by atoms with Gasteiger partial charge in [0.2, 0.25) is 0 Å². The molecule has 0 aliphatic rings. The van der Waals surface area contributed by atoms with E-state index in [2.05, 4.69) is 5.32 Å². The van der Waals surface area contributed by atoms with Gasteiger partial charge < -0.3 is 15.3 Å². The van der Waals surface area contributed by atoms with Crippen LogP contribution in [0.3, 0.4) is 0 Å². The monoisotopic (exact) mass is 240 g/mol. The summed E-state index contributed by atoms with van der Waals surface area (Å²) in [4.78, 5) is 13.0. The highest BCUT2D eigenvalue weighted by Crippen LogP contribution is 2.12. The highest BCUT2D eigenvalue weighted by atomic mass is 19.1. The number of hydrogen-bond donors (Lipinski definition) is 2. The molecular formula is C12H17FN2O2. The number of nitrogens with zero attached hydrogens (tertiary/aromatic N) is 1. The summed E-state index contributed by atoms with van der Waals surface area (Å²) in [5, 5.41) is 11.6. The lowest BCUT2D eigenvalue weighted by molar-refractivity contribution is 0.167.